The largest absolute Gasteiger partial charge is 0.493 e. The zero-order chi connectivity index (χ0) is 20.9. The van der Waals surface area contributed by atoms with Crippen molar-refractivity contribution in [1.29, 1.82) is 0 Å². The van der Waals surface area contributed by atoms with E-state index in [0.29, 0.717) is 29.7 Å². The molecule has 0 saturated carbocycles. The van der Waals surface area contributed by atoms with Crippen molar-refractivity contribution in [2.45, 2.75) is 46.8 Å². The van der Waals surface area contributed by atoms with E-state index in [1.807, 2.05) is 26.0 Å². The van der Waals surface area contributed by atoms with Crippen LogP contribution in [0, 0.1) is 5.92 Å². The van der Waals surface area contributed by atoms with Crippen molar-refractivity contribution in [3.63, 3.8) is 0 Å². The van der Waals surface area contributed by atoms with Crippen LogP contribution in [0.5, 0.6) is 17.2 Å². The van der Waals surface area contributed by atoms with Gasteiger partial charge in [0.05, 0.1) is 34.0 Å². The first kappa shape index (κ1) is 23.9. The molecule has 7 heteroatoms. The van der Waals surface area contributed by atoms with E-state index in [0.717, 1.165) is 37.6 Å². The van der Waals surface area contributed by atoms with Crippen LogP contribution in [0.1, 0.15) is 39.7 Å². The third kappa shape index (κ3) is 7.46. The lowest BCUT2D eigenvalue weighted by Gasteiger charge is -2.21. The fourth-order valence-corrected chi connectivity index (χ4v) is 2.89. The van der Waals surface area contributed by atoms with Gasteiger partial charge in [0.1, 0.15) is 0 Å². The number of methoxy groups -OCH3 is 3. The van der Waals surface area contributed by atoms with Gasteiger partial charge in [0.2, 0.25) is 5.75 Å². The summed E-state index contributed by atoms with van der Waals surface area (Å²) in [5, 5.41) is 6.66. The minimum Gasteiger partial charge on any atom is -0.493 e. The summed E-state index contributed by atoms with van der Waals surface area (Å²) in [7, 11) is 4.82. The molecule has 0 amide bonds. The first-order valence-electron chi connectivity index (χ1n) is 9.93. The molecule has 7 nitrogen and oxygen atoms in total. The van der Waals surface area contributed by atoms with Gasteiger partial charge >= 0.3 is 0 Å². The van der Waals surface area contributed by atoms with Crippen molar-refractivity contribution in [2.24, 2.45) is 10.9 Å². The molecule has 0 aliphatic heterocycles. The predicted octanol–water partition coefficient (Wildman–Crippen LogP) is 3.22. The van der Waals surface area contributed by atoms with E-state index in [4.69, 9.17) is 18.9 Å². The standard InChI is InChI=1S/C21H37N3O4/c1-8-22-21(23-11-10-17(15(3)4)28-9-2)24-14-16-12-18(25-5)20(27-7)19(13-16)26-6/h12-13,15,17H,8-11,14H2,1-7H3,(H2,22,23,24). The number of benzene rings is 1. The molecule has 0 aromatic heterocycles. The van der Waals surface area contributed by atoms with Crippen LogP contribution in [0.15, 0.2) is 17.1 Å². The van der Waals surface area contributed by atoms with Gasteiger partial charge in [0, 0.05) is 19.7 Å². The number of rotatable bonds is 12. The number of nitrogens with zero attached hydrogens (tertiary/aromatic N) is 1. The molecular weight excluding hydrogens is 358 g/mol. The second kappa shape index (κ2) is 13.1. The van der Waals surface area contributed by atoms with Crippen LogP contribution in [0.4, 0.5) is 0 Å². The van der Waals surface area contributed by atoms with Crippen molar-refractivity contribution < 1.29 is 18.9 Å². The maximum atomic E-state index is 5.81. The SMILES string of the molecule is CCNC(=NCc1cc(OC)c(OC)c(OC)c1)NCCC(OCC)C(C)C. The lowest BCUT2D eigenvalue weighted by atomic mass is 10.0. The zero-order valence-corrected chi connectivity index (χ0v) is 18.4. The quantitative estimate of drug-likeness (QED) is 0.418. The topological polar surface area (TPSA) is 73.3 Å². The van der Waals surface area contributed by atoms with Crippen LogP contribution in [0.25, 0.3) is 0 Å². The van der Waals surface area contributed by atoms with Crippen LogP contribution in [-0.2, 0) is 11.3 Å². The van der Waals surface area contributed by atoms with Gasteiger partial charge in [-0.1, -0.05) is 13.8 Å². The minimum absolute atomic E-state index is 0.246. The number of nitrogens with one attached hydrogen (secondary N) is 2. The summed E-state index contributed by atoms with van der Waals surface area (Å²) in [6.45, 7) is 11.3. The Kier molecular flexibility index (Phi) is 11.2. The molecular formula is C21H37N3O4. The maximum absolute atomic E-state index is 5.81. The van der Waals surface area contributed by atoms with Crippen LogP contribution in [0.3, 0.4) is 0 Å². The summed E-state index contributed by atoms with van der Waals surface area (Å²) >= 11 is 0. The maximum Gasteiger partial charge on any atom is 0.203 e. The summed E-state index contributed by atoms with van der Waals surface area (Å²) in [6.07, 6.45) is 1.18. The van der Waals surface area contributed by atoms with Gasteiger partial charge in [0.25, 0.3) is 0 Å². The van der Waals surface area contributed by atoms with Gasteiger partial charge < -0.3 is 29.6 Å². The Morgan fingerprint density at radius 3 is 2.11 bits per heavy atom. The first-order valence-corrected chi connectivity index (χ1v) is 9.93. The summed E-state index contributed by atoms with van der Waals surface area (Å²) in [5.74, 6) is 3.09. The van der Waals surface area contributed by atoms with E-state index in [9.17, 15) is 0 Å². The Morgan fingerprint density at radius 1 is 1.00 bits per heavy atom. The molecule has 0 aliphatic rings. The predicted molar refractivity (Wildman–Crippen MR) is 114 cm³/mol. The molecule has 160 valence electrons. The highest BCUT2D eigenvalue weighted by Gasteiger charge is 2.14. The van der Waals surface area contributed by atoms with E-state index in [2.05, 4.69) is 29.5 Å². The molecule has 0 heterocycles. The highest BCUT2D eigenvalue weighted by atomic mass is 16.5. The lowest BCUT2D eigenvalue weighted by molar-refractivity contribution is 0.0258. The Morgan fingerprint density at radius 2 is 1.64 bits per heavy atom. The van der Waals surface area contributed by atoms with Crippen LogP contribution < -0.4 is 24.8 Å². The van der Waals surface area contributed by atoms with Gasteiger partial charge in [-0.3, -0.25) is 0 Å². The third-order valence-electron chi connectivity index (χ3n) is 4.33. The number of ether oxygens (including phenoxy) is 4. The van der Waals surface area contributed by atoms with Crippen molar-refractivity contribution in [2.75, 3.05) is 41.0 Å². The van der Waals surface area contributed by atoms with E-state index in [1.54, 1.807) is 21.3 Å². The fraction of sp³-hybridized carbons (Fsp3) is 0.667. The van der Waals surface area contributed by atoms with Crippen molar-refractivity contribution >= 4 is 5.96 Å². The molecule has 0 aliphatic carbocycles. The molecule has 1 rings (SSSR count). The van der Waals surface area contributed by atoms with Gasteiger partial charge in [-0.25, -0.2) is 4.99 Å². The molecule has 0 bridgehead atoms. The highest BCUT2D eigenvalue weighted by molar-refractivity contribution is 5.79. The summed E-state index contributed by atoms with van der Waals surface area (Å²) in [5.41, 5.74) is 0.973. The van der Waals surface area contributed by atoms with E-state index >= 15 is 0 Å². The number of aliphatic imine (C=N–C) groups is 1. The number of hydrogen-bond acceptors (Lipinski definition) is 5. The van der Waals surface area contributed by atoms with Crippen molar-refractivity contribution in [3.05, 3.63) is 17.7 Å². The number of hydrogen-bond donors (Lipinski definition) is 2. The second-order valence-corrected chi connectivity index (χ2v) is 6.68. The summed E-state index contributed by atoms with van der Waals surface area (Å²) in [6, 6.07) is 3.83. The lowest BCUT2D eigenvalue weighted by Crippen LogP contribution is -2.39. The number of guanidine groups is 1. The van der Waals surface area contributed by atoms with Crippen LogP contribution in [-0.4, -0.2) is 53.1 Å². The Bertz CT molecular complexity index is 580. The Hall–Kier alpha value is -2.15. The highest BCUT2D eigenvalue weighted by Crippen LogP contribution is 2.38. The van der Waals surface area contributed by atoms with E-state index < -0.39 is 0 Å². The monoisotopic (exact) mass is 395 g/mol. The van der Waals surface area contributed by atoms with Gasteiger partial charge in [-0.15, -0.1) is 0 Å². The second-order valence-electron chi connectivity index (χ2n) is 6.68. The molecule has 0 saturated heterocycles. The summed E-state index contributed by atoms with van der Waals surface area (Å²) in [4.78, 5) is 4.68. The molecule has 2 N–H and O–H groups in total. The molecule has 0 radical (unpaired) electrons. The smallest absolute Gasteiger partial charge is 0.203 e. The average molecular weight is 396 g/mol. The van der Waals surface area contributed by atoms with Crippen molar-refractivity contribution in [1.82, 2.24) is 10.6 Å². The molecule has 0 spiro atoms. The van der Waals surface area contributed by atoms with Crippen LogP contribution >= 0.6 is 0 Å². The molecule has 28 heavy (non-hydrogen) atoms. The van der Waals surface area contributed by atoms with Gasteiger partial charge in [-0.2, -0.15) is 0 Å². The fourth-order valence-electron chi connectivity index (χ4n) is 2.89. The zero-order valence-electron chi connectivity index (χ0n) is 18.4. The van der Waals surface area contributed by atoms with Gasteiger partial charge in [0.15, 0.2) is 17.5 Å². The Labute approximate surface area is 169 Å². The van der Waals surface area contributed by atoms with Crippen molar-refractivity contribution in [3.8, 4) is 17.2 Å². The molecule has 1 aromatic carbocycles. The molecule has 1 atom stereocenters. The Balaban J connectivity index is 2.81. The van der Waals surface area contributed by atoms with E-state index in [-0.39, 0.29) is 6.10 Å². The summed E-state index contributed by atoms with van der Waals surface area (Å²) < 4.78 is 22.0. The molecule has 0 fully saturated rings. The minimum atomic E-state index is 0.246. The molecule has 1 aromatic rings. The normalized spacial score (nSPS) is 12.6. The third-order valence-corrected chi connectivity index (χ3v) is 4.33. The van der Waals surface area contributed by atoms with Crippen LogP contribution in [0.2, 0.25) is 0 Å². The average Bonchev–Trinajstić information content (AvgIpc) is 2.70. The van der Waals surface area contributed by atoms with Gasteiger partial charge in [-0.05, 0) is 43.9 Å². The van der Waals surface area contributed by atoms with E-state index in [1.165, 1.54) is 0 Å². The first-order chi connectivity index (χ1) is 13.5. The molecule has 1 unspecified atom stereocenters.